The zero-order chi connectivity index (χ0) is 28.6. The van der Waals surface area contributed by atoms with E-state index in [1.54, 1.807) is 80.6 Å². The van der Waals surface area contributed by atoms with Gasteiger partial charge in [-0.1, -0.05) is 31.4 Å². The molecule has 4 aromatic rings. The molecule has 0 spiro atoms. The van der Waals surface area contributed by atoms with Gasteiger partial charge in [0.05, 0.1) is 0 Å². The van der Waals surface area contributed by atoms with Crippen molar-refractivity contribution in [3.63, 3.8) is 0 Å². The van der Waals surface area contributed by atoms with Gasteiger partial charge in [0.1, 0.15) is 17.2 Å². The van der Waals surface area contributed by atoms with Crippen LogP contribution in [0.3, 0.4) is 0 Å². The highest BCUT2D eigenvalue weighted by molar-refractivity contribution is 5.89. The first-order chi connectivity index (χ1) is 19.1. The molecule has 0 unspecified atom stereocenters. The van der Waals surface area contributed by atoms with Crippen molar-refractivity contribution < 1.29 is 24.2 Å². The van der Waals surface area contributed by atoms with Crippen LogP contribution in [0.4, 0.5) is 34.9 Å². The predicted molar refractivity (Wildman–Crippen MR) is 152 cm³/mol. The number of anilines is 6. The van der Waals surface area contributed by atoms with Gasteiger partial charge in [0.15, 0.2) is 0 Å². The van der Waals surface area contributed by atoms with Crippen LogP contribution in [0.1, 0.15) is 13.8 Å². The number of hydrogen-bond donors (Lipinski definition) is 4. The fraction of sp³-hybridized carbons (Fsp3) is 0.0690. The molecule has 0 radical (unpaired) electrons. The molecule has 1 aromatic heterocycles. The van der Waals surface area contributed by atoms with Crippen LogP contribution >= 0.6 is 0 Å². The number of carbonyl (C=O) groups is 2. The highest BCUT2D eigenvalue weighted by Crippen LogP contribution is 2.26. The van der Waals surface area contributed by atoms with Gasteiger partial charge in [-0.15, -0.1) is 0 Å². The van der Waals surface area contributed by atoms with Gasteiger partial charge >= 0.3 is 11.9 Å². The molecule has 1 heterocycles. The number of aromatic hydroxyl groups is 1. The Hall–Kier alpha value is -5.71. The van der Waals surface area contributed by atoms with Gasteiger partial charge in [0.25, 0.3) is 0 Å². The summed E-state index contributed by atoms with van der Waals surface area (Å²) in [5.74, 6) is 0.0875. The second-order valence-electron chi connectivity index (χ2n) is 8.63. The maximum Gasteiger partial charge on any atom is 0.338 e. The molecule has 0 saturated heterocycles. The molecule has 40 heavy (non-hydrogen) atoms. The van der Waals surface area contributed by atoms with Gasteiger partial charge < -0.3 is 30.5 Å². The maximum absolute atomic E-state index is 11.9. The summed E-state index contributed by atoms with van der Waals surface area (Å²) in [5.41, 5.74) is 2.17. The molecule has 0 aliphatic carbocycles. The summed E-state index contributed by atoms with van der Waals surface area (Å²) >= 11 is 0. The van der Waals surface area contributed by atoms with Crippen LogP contribution in [0, 0.1) is 0 Å². The second-order valence-corrected chi connectivity index (χ2v) is 8.63. The zero-order valence-corrected chi connectivity index (χ0v) is 21.8. The maximum atomic E-state index is 11.9. The Labute approximate surface area is 230 Å². The van der Waals surface area contributed by atoms with Gasteiger partial charge in [-0.05, 0) is 50.2 Å². The minimum atomic E-state index is -0.544. The molecular weight excluding hydrogens is 512 g/mol. The number of phenols is 1. The Morgan fingerprint density at radius 3 is 1.40 bits per heavy atom. The van der Waals surface area contributed by atoms with Crippen LogP contribution in [-0.2, 0) is 9.59 Å². The van der Waals surface area contributed by atoms with Gasteiger partial charge in [0.2, 0.25) is 17.8 Å². The Morgan fingerprint density at radius 1 is 0.650 bits per heavy atom. The van der Waals surface area contributed by atoms with E-state index in [2.05, 4.69) is 44.1 Å². The molecule has 11 heteroatoms. The van der Waals surface area contributed by atoms with Crippen molar-refractivity contribution in [3.05, 3.63) is 97.1 Å². The van der Waals surface area contributed by atoms with Crippen molar-refractivity contribution in [1.29, 1.82) is 0 Å². The first kappa shape index (κ1) is 27.3. The topological polar surface area (TPSA) is 148 Å². The van der Waals surface area contributed by atoms with Gasteiger partial charge in [-0.3, -0.25) is 0 Å². The third-order valence-corrected chi connectivity index (χ3v) is 5.04. The van der Waals surface area contributed by atoms with E-state index in [1.807, 2.05) is 0 Å². The Bertz CT molecular complexity index is 1510. The molecule has 0 aliphatic rings. The van der Waals surface area contributed by atoms with E-state index in [9.17, 15) is 14.7 Å². The Morgan fingerprint density at radius 2 is 1.02 bits per heavy atom. The predicted octanol–water partition coefficient (Wildman–Crippen LogP) is 5.77. The van der Waals surface area contributed by atoms with E-state index >= 15 is 0 Å². The summed E-state index contributed by atoms with van der Waals surface area (Å²) in [7, 11) is 0. The Balaban J connectivity index is 1.63. The SMILES string of the molecule is C=C(C)C(=O)Oc1cccc(Nc2nc(Nc3cccc(O)c3)nc(Nc3cccc(OC(=O)C(=C)C)c3)n2)c1. The van der Waals surface area contributed by atoms with E-state index in [0.29, 0.717) is 28.6 Å². The number of rotatable bonds is 10. The first-order valence-corrected chi connectivity index (χ1v) is 12.0. The van der Waals surface area contributed by atoms with Crippen LogP contribution < -0.4 is 25.4 Å². The van der Waals surface area contributed by atoms with Crippen molar-refractivity contribution in [2.24, 2.45) is 0 Å². The van der Waals surface area contributed by atoms with Crippen molar-refractivity contribution in [1.82, 2.24) is 15.0 Å². The molecule has 3 aromatic carbocycles. The van der Waals surface area contributed by atoms with Gasteiger partial charge in [-0.2, -0.15) is 15.0 Å². The first-order valence-electron chi connectivity index (χ1n) is 12.0. The van der Waals surface area contributed by atoms with Crippen molar-refractivity contribution in [3.8, 4) is 17.2 Å². The van der Waals surface area contributed by atoms with E-state index in [0.717, 1.165) is 0 Å². The van der Waals surface area contributed by atoms with Crippen LogP contribution in [0.15, 0.2) is 97.1 Å². The molecule has 0 atom stereocenters. The molecule has 0 bridgehead atoms. The molecule has 202 valence electrons. The number of phenolic OH excluding ortho intramolecular Hbond substituents is 1. The Kier molecular flexibility index (Phi) is 8.35. The third-order valence-electron chi connectivity index (χ3n) is 5.04. The van der Waals surface area contributed by atoms with Gasteiger partial charge in [0, 0.05) is 46.4 Å². The van der Waals surface area contributed by atoms with Gasteiger partial charge in [-0.25, -0.2) is 9.59 Å². The molecular formula is C29H26N6O5. The van der Waals surface area contributed by atoms with Crippen LogP contribution in [0.2, 0.25) is 0 Å². The number of carbonyl (C=O) groups excluding carboxylic acids is 2. The lowest BCUT2D eigenvalue weighted by Crippen LogP contribution is -2.09. The largest absolute Gasteiger partial charge is 0.508 e. The van der Waals surface area contributed by atoms with Crippen LogP contribution in [0.25, 0.3) is 0 Å². The molecule has 4 N–H and O–H groups in total. The summed E-state index contributed by atoms with van der Waals surface area (Å²) in [6.07, 6.45) is 0. The summed E-state index contributed by atoms with van der Waals surface area (Å²) in [6.45, 7) is 10.3. The lowest BCUT2D eigenvalue weighted by Gasteiger charge is -2.13. The fourth-order valence-corrected chi connectivity index (χ4v) is 3.18. The minimum absolute atomic E-state index is 0.0676. The molecule has 0 saturated carbocycles. The average molecular weight is 539 g/mol. The smallest absolute Gasteiger partial charge is 0.338 e. The normalized spacial score (nSPS) is 10.2. The molecule has 4 rings (SSSR count). The van der Waals surface area contributed by atoms with Crippen LogP contribution in [0.5, 0.6) is 17.2 Å². The molecule has 11 nitrogen and oxygen atoms in total. The monoisotopic (exact) mass is 538 g/mol. The van der Waals surface area contributed by atoms with Crippen molar-refractivity contribution in [2.45, 2.75) is 13.8 Å². The fourth-order valence-electron chi connectivity index (χ4n) is 3.18. The van der Waals surface area contributed by atoms with E-state index < -0.39 is 11.9 Å². The van der Waals surface area contributed by atoms with E-state index in [4.69, 9.17) is 9.47 Å². The quantitative estimate of drug-likeness (QED) is 0.111. The highest BCUT2D eigenvalue weighted by Gasteiger charge is 2.12. The number of nitrogens with zero attached hydrogens (tertiary/aromatic N) is 3. The average Bonchev–Trinajstić information content (AvgIpc) is 2.89. The van der Waals surface area contributed by atoms with Crippen molar-refractivity contribution >= 4 is 46.8 Å². The zero-order valence-electron chi connectivity index (χ0n) is 21.8. The third kappa shape index (κ3) is 7.65. The number of nitrogens with one attached hydrogen (secondary N) is 3. The molecule has 0 fully saturated rings. The summed E-state index contributed by atoms with van der Waals surface area (Å²) < 4.78 is 10.6. The summed E-state index contributed by atoms with van der Waals surface area (Å²) in [4.78, 5) is 37.1. The van der Waals surface area contributed by atoms with E-state index in [-0.39, 0.29) is 34.7 Å². The highest BCUT2D eigenvalue weighted by atomic mass is 16.5. The number of aromatic nitrogens is 3. The standard InChI is InChI=1S/C29H26N6O5/c1-17(2)25(37)39-23-12-6-9-20(15-23)31-28-33-27(30-19-8-5-11-22(36)14-19)34-29(35-28)32-21-10-7-13-24(16-21)40-26(38)18(3)4/h5-16,36H,1,3H2,2,4H3,(H3,30,31,32,33,34,35). The van der Waals surface area contributed by atoms with E-state index in [1.165, 1.54) is 6.07 Å². The molecule has 0 aliphatic heterocycles. The lowest BCUT2D eigenvalue weighted by atomic mass is 10.3. The number of ether oxygens (including phenoxy) is 2. The number of esters is 2. The number of benzene rings is 3. The molecule has 0 amide bonds. The summed E-state index contributed by atoms with van der Waals surface area (Å²) in [5, 5.41) is 19.0. The minimum Gasteiger partial charge on any atom is -0.508 e. The lowest BCUT2D eigenvalue weighted by molar-refractivity contribution is -0.130. The van der Waals surface area contributed by atoms with Crippen molar-refractivity contribution in [2.75, 3.05) is 16.0 Å². The number of hydrogen-bond acceptors (Lipinski definition) is 11. The van der Waals surface area contributed by atoms with Crippen LogP contribution in [-0.4, -0.2) is 32.0 Å². The summed E-state index contributed by atoms with van der Waals surface area (Å²) in [6, 6.07) is 19.9. The second kappa shape index (κ2) is 12.2.